The molecule has 1 amide bonds. The number of rotatable bonds is 2. The van der Waals surface area contributed by atoms with Gasteiger partial charge in [-0.05, 0) is 39.2 Å². The fraction of sp³-hybridized carbons (Fsp3) is 0.929. The van der Waals surface area contributed by atoms with Gasteiger partial charge < -0.3 is 10.6 Å². The van der Waals surface area contributed by atoms with Gasteiger partial charge in [-0.2, -0.15) is 0 Å². The Morgan fingerprint density at radius 1 is 1.22 bits per heavy atom. The van der Waals surface area contributed by atoms with Crippen LogP contribution in [0.5, 0.6) is 0 Å². The van der Waals surface area contributed by atoms with Crippen LogP contribution in [0, 0.1) is 5.92 Å². The highest BCUT2D eigenvalue weighted by Crippen LogP contribution is 2.25. The van der Waals surface area contributed by atoms with Crippen molar-refractivity contribution in [1.82, 2.24) is 9.80 Å². The number of likely N-dealkylation sites (N-methyl/N-ethyl adjacent to an activating group) is 1. The van der Waals surface area contributed by atoms with Crippen molar-refractivity contribution < 1.29 is 4.79 Å². The second-order valence-electron chi connectivity index (χ2n) is 5.87. The smallest absolute Gasteiger partial charge is 0.225 e. The molecule has 1 aliphatic carbocycles. The van der Waals surface area contributed by atoms with Gasteiger partial charge in [0.25, 0.3) is 0 Å². The lowest BCUT2D eigenvalue weighted by Gasteiger charge is -2.41. The standard InChI is InChI=1S/C14H27N3O/c1-3-16-8-9-17(10-11(16)2)14(18)12-4-6-13(15)7-5-12/h11-13H,3-10,15H2,1-2H3. The van der Waals surface area contributed by atoms with E-state index < -0.39 is 0 Å². The predicted molar refractivity (Wildman–Crippen MR) is 73.2 cm³/mol. The first-order valence-electron chi connectivity index (χ1n) is 7.40. The maximum absolute atomic E-state index is 12.5. The van der Waals surface area contributed by atoms with Crippen LogP contribution in [0.15, 0.2) is 0 Å². The van der Waals surface area contributed by atoms with E-state index in [9.17, 15) is 4.79 Å². The fourth-order valence-corrected chi connectivity index (χ4v) is 3.29. The third-order valence-corrected chi connectivity index (χ3v) is 4.60. The average Bonchev–Trinajstić information content (AvgIpc) is 2.38. The largest absolute Gasteiger partial charge is 0.340 e. The first kappa shape index (κ1) is 13.8. The summed E-state index contributed by atoms with van der Waals surface area (Å²) in [6, 6.07) is 0.823. The van der Waals surface area contributed by atoms with Crippen LogP contribution in [0.2, 0.25) is 0 Å². The second-order valence-corrected chi connectivity index (χ2v) is 5.87. The molecule has 0 spiro atoms. The minimum Gasteiger partial charge on any atom is -0.340 e. The highest BCUT2D eigenvalue weighted by molar-refractivity contribution is 5.79. The first-order valence-corrected chi connectivity index (χ1v) is 7.40. The molecule has 1 unspecified atom stereocenters. The second kappa shape index (κ2) is 6.02. The van der Waals surface area contributed by atoms with Crippen LogP contribution in [0.3, 0.4) is 0 Å². The van der Waals surface area contributed by atoms with Crippen molar-refractivity contribution in [2.75, 3.05) is 26.2 Å². The number of amides is 1. The molecule has 104 valence electrons. The maximum Gasteiger partial charge on any atom is 0.225 e. The zero-order valence-corrected chi connectivity index (χ0v) is 11.8. The highest BCUT2D eigenvalue weighted by Gasteiger charge is 2.31. The maximum atomic E-state index is 12.5. The van der Waals surface area contributed by atoms with E-state index in [4.69, 9.17) is 5.73 Å². The summed E-state index contributed by atoms with van der Waals surface area (Å²) in [5, 5.41) is 0. The van der Waals surface area contributed by atoms with Crippen molar-refractivity contribution in [1.29, 1.82) is 0 Å². The number of carbonyl (C=O) groups is 1. The van der Waals surface area contributed by atoms with Gasteiger partial charge in [0.1, 0.15) is 0 Å². The van der Waals surface area contributed by atoms with Crippen LogP contribution in [0.1, 0.15) is 39.5 Å². The Balaban J connectivity index is 1.86. The Hall–Kier alpha value is -0.610. The fourth-order valence-electron chi connectivity index (χ4n) is 3.29. The highest BCUT2D eigenvalue weighted by atomic mass is 16.2. The van der Waals surface area contributed by atoms with Gasteiger partial charge in [0.05, 0.1) is 0 Å². The molecule has 2 fully saturated rings. The van der Waals surface area contributed by atoms with Crippen molar-refractivity contribution in [2.45, 2.75) is 51.6 Å². The molecule has 2 rings (SSSR count). The zero-order valence-electron chi connectivity index (χ0n) is 11.8. The Morgan fingerprint density at radius 2 is 1.89 bits per heavy atom. The van der Waals surface area contributed by atoms with Crippen LogP contribution >= 0.6 is 0 Å². The molecular weight excluding hydrogens is 226 g/mol. The molecule has 1 saturated heterocycles. The first-order chi connectivity index (χ1) is 8.61. The van der Waals surface area contributed by atoms with Gasteiger partial charge in [-0.15, -0.1) is 0 Å². The van der Waals surface area contributed by atoms with Gasteiger partial charge in [-0.25, -0.2) is 0 Å². The number of hydrogen-bond acceptors (Lipinski definition) is 3. The van der Waals surface area contributed by atoms with Gasteiger partial charge >= 0.3 is 0 Å². The molecule has 0 bridgehead atoms. The van der Waals surface area contributed by atoms with Crippen LogP contribution < -0.4 is 5.73 Å². The number of nitrogens with zero attached hydrogens (tertiary/aromatic N) is 2. The summed E-state index contributed by atoms with van der Waals surface area (Å²) >= 11 is 0. The van der Waals surface area contributed by atoms with E-state index in [1.54, 1.807) is 0 Å². The van der Waals surface area contributed by atoms with Gasteiger partial charge in [0.15, 0.2) is 0 Å². The molecule has 1 saturated carbocycles. The molecule has 1 heterocycles. The third-order valence-electron chi connectivity index (χ3n) is 4.60. The molecule has 18 heavy (non-hydrogen) atoms. The van der Waals surface area contributed by atoms with E-state index in [0.29, 0.717) is 18.0 Å². The molecule has 4 nitrogen and oxygen atoms in total. The number of hydrogen-bond donors (Lipinski definition) is 1. The lowest BCUT2D eigenvalue weighted by molar-refractivity contribution is -0.139. The zero-order chi connectivity index (χ0) is 13.1. The molecule has 4 heteroatoms. The van der Waals surface area contributed by atoms with Crippen molar-refractivity contribution in [3.63, 3.8) is 0 Å². The van der Waals surface area contributed by atoms with Crippen molar-refractivity contribution in [2.24, 2.45) is 11.7 Å². The molecular formula is C14H27N3O. The molecule has 0 aromatic rings. The minimum absolute atomic E-state index is 0.241. The monoisotopic (exact) mass is 253 g/mol. The van der Waals surface area contributed by atoms with Crippen molar-refractivity contribution >= 4 is 5.91 Å². The van der Waals surface area contributed by atoms with E-state index in [1.807, 2.05) is 0 Å². The summed E-state index contributed by atoms with van der Waals surface area (Å²) in [7, 11) is 0. The van der Waals surface area contributed by atoms with Crippen LogP contribution in [-0.4, -0.2) is 54.0 Å². The Kier molecular flexibility index (Phi) is 4.62. The lowest BCUT2D eigenvalue weighted by atomic mass is 9.85. The van der Waals surface area contributed by atoms with E-state index in [-0.39, 0.29) is 5.92 Å². The normalized spacial score (nSPS) is 34.6. The van der Waals surface area contributed by atoms with Crippen molar-refractivity contribution in [3.05, 3.63) is 0 Å². The SMILES string of the molecule is CCN1CCN(C(=O)C2CCC(N)CC2)CC1C. The molecule has 0 radical (unpaired) electrons. The Labute approximate surface area is 110 Å². The molecule has 2 N–H and O–H groups in total. The number of nitrogens with two attached hydrogens (primary N) is 1. The van der Waals surface area contributed by atoms with E-state index in [1.165, 1.54) is 0 Å². The van der Waals surface area contributed by atoms with Gasteiger partial charge in [-0.1, -0.05) is 6.92 Å². The average molecular weight is 253 g/mol. The van der Waals surface area contributed by atoms with Crippen molar-refractivity contribution in [3.8, 4) is 0 Å². The summed E-state index contributed by atoms with van der Waals surface area (Å²) < 4.78 is 0. The third kappa shape index (κ3) is 3.04. The topological polar surface area (TPSA) is 49.6 Å². The summed E-state index contributed by atoms with van der Waals surface area (Å²) in [5.41, 5.74) is 5.90. The summed E-state index contributed by atoms with van der Waals surface area (Å²) in [5.74, 6) is 0.620. The lowest BCUT2D eigenvalue weighted by Crippen LogP contribution is -2.54. The Morgan fingerprint density at radius 3 is 2.44 bits per heavy atom. The minimum atomic E-state index is 0.241. The number of carbonyl (C=O) groups excluding carboxylic acids is 1. The van der Waals surface area contributed by atoms with Crippen LogP contribution in [-0.2, 0) is 4.79 Å². The Bertz CT molecular complexity index is 287. The van der Waals surface area contributed by atoms with Gasteiger partial charge in [0, 0.05) is 37.6 Å². The van der Waals surface area contributed by atoms with E-state index in [2.05, 4.69) is 23.6 Å². The van der Waals surface area contributed by atoms with E-state index in [0.717, 1.165) is 51.9 Å². The molecule has 0 aromatic heterocycles. The molecule has 0 aromatic carbocycles. The summed E-state index contributed by atoms with van der Waals surface area (Å²) in [6.07, 6.45) is 4.01. The van der Waals surface area contributed by atoms with Crippen LogP contribution in [0.4, 0.5) is 0 Å². The van der Waals surface area contributed by atoms with Gasteiger partial charge in [-0.3, -0.25) is 9.69 Å². The quantitative estimate of drug-likeness (QED) is 0.800. The van der Waals surface area contributed by atoms with E-state index >= 15 is 0 Å². The summed E-state index contributed by atoms with van der Waals surface area (Å²) in [4.78, 5) is 17.0. The molecule has 1 aliphatic heterocycles. The van der Waals surface area contributed by atoms with Gasteiger partial charge in [0.2, 0.25) is 5.91 Å². The molecule has 1 atom stereocenters. The molecule has 2 aliphatic rings. The number of piperazine rings is 1. The summed E-state index contributed by atoms with van der Waals surface area (Å²) in [6.45, 7) is 8.32. The van der Waals surface area contributed by atoms with Crippen LogP contribution in [0.25, 0.3) is 0 Å². The predicted octanol–water partition coefficient (Wildman–Crippen LogP) is 1.06.